The Hall–Kier alpha value is -1.26. The molecule has 2 rings (SSSR count). The lowest BCUT2D eigenvalue weighted by Gasteiger charge is -2.36. The molecular weight excluding hydrogens is 240 g/mol. The molecule has 4 nitrogen and oxygen atoms in total. The van der Waals surface area contributed by atoms with Gasteiger partial charge in [-0.1, -0.05) is 6.07 Å². The number of rotatable bonds is 3. The van der Waals surface area contributed by atoms with Gasteiger partial charge in [0.2, 0.25) is 0 Å². The number of benzene rings is 1. The van der Waals surface area contributed by atoms with Crippen LogP contribution >= 0.6 is 0 Å². The Bertz CT molecular complexity index is 411. The summed E-state index contributed by atoms with van der Waals surface area (Å²) in [6.07, 6.45) is 1.10. The molecule has 0 bridgehead atoms. The van der Waals surface area contributed by atoms with Crippen LogP contribution in [0.2, 0.25) is 0 Å². The van der Waals surface area contributed by atoms with Gasteiger partial charge in [-0.25, -0.2) is 0 Å². The van der Waals surface area contributed by atoms with Crippen molar-refractivity contribution in [3.63, 3.8) is 0 Å². The summed E-state index contributed by atoms with van der Waals surface area (Å²) < 4.78 is 5.30. The molecule has 0 saturated carbocycles. The maximum Gasteiger partial charge on any atom is 0.120 e. The molecule has 0 radical (unpaired) electrons. The van der Waals surface area contributed by atoms with Crippen LogP contribution < -0.4 is 9.64 Å². The van der Waals surface area contributed by atoms with E-state index >= 15 is 0 Å². The molecule has 1 saturated heterocycles. The summed E-state index contributed by atoms with van der Waals surface area (Å²) in [6, 6.07) is 8.64. The molecule has 19 heavy (non-hydrogen) atoms. The first kappa shape index (κ1) is 14.2. The molecule has 0 amide bonds. The highest BCUT2D eigenvalue weighted by atomic mass is 16.5. The lowest BCUT2D eigenvalue weighted by molar-refractivity contribution is 0.228. The number of ether oxygens (including phenoxy) is 1. The SMILES string of the molecule is COc1cccc(N2C(C)CCN(C)CC2CO)c1. The molecule has 106 valence electrons. The van der Waals surface area contributed by atoms with Gasteiger partial charge in [-0.2, -0.15) is 0 Å². The first-order valence-corrected chi connectivity index (χ1v) is 6.87. The van der Waals surface area contributed by atoms with Crippen molar-refractivity contribution in [2.75, 3.05) is 38.8 Å². The van der Waals surface area contributed by atoms with E-state index in [4.69, 9.17) is 4.74 Å². The fourth-order valence-corrected chi connectivity index (χ4v) is 2.83. The zero-order chi connectivity index (χ0) is 13.8. The Kier molecular flexibility index (Phi) is 4.66. The predicted molar refractivity (Wildman–Crippen MR) is 77.9 cm³/mol. The smallest absolute Gasteiger partial charge is 0.120 e. The van der Waals surface area contributed by atoms with Gasteiger partial charge >= 0.3 is 0 Å². The third-order valence-electron chi connectivity index (χ3n) is 3.88. The van der Waals surface area contributed by atoms with Gasteiger partial charge in [-0.05, 0) is 39.1 Å². The molecule has 0 spiro atoms. The number of aliphatic hydroxyl groups excluding tert-OH is 1. The number of aliphatic hydroxyl groups is 1. The Labute approximate surface area is 115 Å². The molecule has 1 aliphatic rings. The average Bonchev–Trinajstić information content (AvgIpc) is 2.58. The van der Waals surface area contributed by atoms with Crippen molar-refractivity contribution in [3.05, 3.63) is 24.3 Å². The molecule has 0 aliphatic carbocycles. The summed E-state index contributed by atoms with van der Waals surface area (Å²) in [6.45, 7) is 4.35. The van der Waals surface area contributed by atoms with E-state index in [1.54, 1.807) is 7.11 Å². The van der Waals surface area contributed by atoms with E-state index in [1.165, 1.54) is 0 Å². The second-order valence-electron chi connectivity index (χ2n) is 5.35. The molecular formula is C15H24N2O2. The van der Waals surface area contributed by atoms with Gasteiger partial charge in [-0.15, -0.1) is 0 Å². The van der Waals surface area contributed by atoms with Gasteiger partial charge in [0.15, 0.2) is 0 Å². The highest BCUT2D eigenvalue weighted by Gasteiger charge is 2.28. The summed E-state index contributed by atoms with van der Waals surface area (Å²) in [5, 5.41) is 9.71. The van der Waals surface area contributed by atoms with Crippen molar-refractivity contribution in [3.8, 4) is 5.75 Å². The van der Waals surface area contributed by atoms with Crippen molar-refractivity contribution < 1.29 is 9.84 Å². The van der Waals surface area contributed by atoms with Crippen molar-refractivity contribution in [2.45, 2.75) is 25.4 Å². The Morgan fingerprint density at radius 1 is 1.42 bits per heavy atom. The maximum atomic E-state index is 9.71. The second-order valence-corrected chi connectivity index (χ2v) is 5.35. The lowest BCUT2D eigenvalue weighted by Crippen LogP contribution is -2.46. The van der Waals surface area contributed by atoms with Crippen LogP contribution in [0.4, 0.5) is 5.69 Å². The average molecular weight is 264 g/mol. The van der Waals surface area contributed by atoms with Crippen LogP contribution in [0, 0.1) is 0 Å². The van der Waals surface area contributed by atoms with Crippen molar-refractivity contribution >= 4 is 5.69 Å². The highest BCUT2D eigenvalue weighted by molar-refractivity contribution is 5.52. The summed E-state index contributed by atoms with van der Waals surface area (Å²) in [5.41, 5.74) is 1.13. The number of methoxy groups -OCH3 is 1. The largest absolute Gasteiger partial charge is 0.497 e. The quantitative estimate of drug-likeness (QED) is 0.899. The zero-order valence-electron chi connectivity index (χ0n) is 12.0. The first-order chi connectivity index (χ1) is 9.15. The van der Waals surface area contributed by atoms with E-state index in [0.29, 0.717) is 6.04 Å². The van der Waals surface area contributed by atoms with Crippen LogP contribution in [0.1, 0.15) is 13.3 Å². The van der Waals surface area contributed by atoms with Crippen LogP contribution in [0.5, 0.6) is 5.75 Å². The van der Waals surface area contributed by atoms with Crippen molar-refractivity contribution in [2.24, 2.45) is 0 Å². The van der Waals surface area contributed by atoms with Gasteiger partial charge in [-0.3, -0.25) is 0 Å². The van der Waals surface area contributed by atoms with E-state index < -0.39 is 0 Å². The lowest BCUT2D eigenvalue weighted by atomic mass is 10.1. The molecule has 4 heteroatoms. The van der Waals surface area contributed by atoms with Crippen molar-refractivity contribution in [1.29, 1.82) is 0 Å². The molecule has 2 unspecified atom stereocenters. The minimum absolute atomic E-state index is 0.134. The Balaban J connectivity index is 2.31. The standard InChI is InChI=1S/C15H24N2O2/c1-12-7-8-16(2)10-14(11-18)17(12)13-5-4-6-15(9-13)19-3/h4-6,9,12,14,18H,7-8,10-11H2,1-3H3. The molecule has 0 aromatic heterocycles. The molecule has 1 heterocycles. The maximum absolute atomic E-state index is 9.71. The van der Waals surface area contributed by atoms with Gasteiger partial charge in [0.25, 0.3) is 0 Å². The Morgan fingerprint density at radius 2 is 2.21 bits per heavy atom. The minimum Gasteiger partial charge on any atom is -0.497 e. The van der Waals surface area contributed by atoms with E-state index in [2.05, 4.69) is 29.8 Å². The number of nitrogens with zero attached hydrogens (tertiary/aromatic N) is 2. The summed E-state index contributed by atoms with van der Waals surface area (Å²) in [5.74, 6) is 0.860. The monoisotopic (exact) mass is 264 g/mol. The van der Waals surface area contributed by atoms with E-state index in [9.17, 15) is 5.11 Å². The van der Waals surface area contributed by atoms with E-state index in [-0.39, 0.29) is 12.6 Å². The normalized spacial score (nSPS) is 25.2. The molecule has 1 aromatic carbocycles. The fourth-order valence-electron chi connectivity index (χ4n) is 2.83. The molecule has 1 N–H and O–H groups in total. The van der Waals surface area contributed by atoms with Gasteiger partial charge in [0.05, 0.1) is 19.8 Å². The first-order valence-electron chi connectivity index (χ1n) is 6.87. The van der Waals surface area contributed by atoms with Gasteiger partial charge < -0.3 is 19.6 Å². The summed E-state index contributed by atoms with van der Waals surface area (Å²) in [4.78, 5) is 4.61. The fraction of sp³-hybridized carbons (Fsp3) is 0.600. The minimum atomic E-state index is 0.134. The number of hydrogen-bond acceptors (Lipinski definition) is 4. The molecule has 1 aromatic rings. The molecule has 1 fully saturated rings. The van der Waals surface area contributed by atoms with E-state index in [1.807, 2.05) is 18.2 Å². The zero-order valence-corrected chi connectivity index (χ0v) is 12.0. The summed E-state index contributed by atoms with van der Waals surface area (Å²) in [7, 11) is 3.80. The second kappa shape index (κ2) is 6.26. The number of anilines is 1. The highest BCUT2D eigenvalue weighted by Crippen LogP contribution is 2.27. The van der Waals surface area contributed by atoms with Crippen LogP contribution in [0.3, 0.4) is 0 Å². The van der Waals surface area contributed by atoms with Crippen LogP contribution in [-0.4, -0.2) is 55.9 Å². The third kappa shape index (κ3) is 3.19. The molecule has 2 atom stereocenters. The van der Waals surface area contributed by atoms with Gasteiger partial charge in [0.1, 0.15) is 5.75 Å². The van der Waals surface area contributed by atoms with Crippen molar-refractivity contribution in [1.82, 2.24) is 4.90 Å². The Morgan fingerprint density at radius 3 is 2.89 bits per heavy atom. The number of likely N-dealkylation sites (N-methyl/N-ethyl adjacent to an activating group) is 1. The third-order valence-corrected chi connectivity index (χ3v) is 3.88. The topological polar surface area (TPSA) is 35.9 Å². The summed E-state index contributed by atoms with van der Waals surface area (Å²) >= 11 is 0. The van der Waals surface area contributed by atoms with Crippen LogP contribution in [-0.2, 0) is 0 Å². The molecule has 1 aliphatic heterocycles. The van der Waals surface area contributed by atoms with Gasteiger partial charge in [0, 0.05) is 24.3 Å². The van der Waals surface area contributed by atoms with E-state index in [0.717, 1.165) is 30.9 Å². The predicted octanol–water partition coefficient (Wildman–Crippen LogP) is 1.59. The van der Waals surface area contributed by atoms with Crippen LogP contribution in [0.25, 0.3) is 0 Å². The van der Waals surface area contributed by atoms with Crippen LogP contribution in [0.15, 0.2) is 24.3 Å². The number of hydrogen-bond donors (Lipinski definition) is 1.